The first-order valence-corrected chi connectivity index (χ1v) is 25.3. The molecule has 2 saturated heterocycles. The largest absolute Gasteiger partial charge is 0.508 e. The number of hydrogen-bond donors (Lipinski definition) is 2. The summed E-state index contributed by atoms with van der Waals surface area (Å²) in [7, 11) is -3.53. The maximum absolute atomic E-state index is 14.9. The molecule has 3 aromatic rings. The average Bonchev–Trinajstić information content (AvgIpc) is 3.61. The Labute approximate surface area is 434 Å². The van der Waals surface area contributed by atoms with E-state index in [0.29, 0.717) is 0 Å². The van der Waals surface area contributed by atoms with Crippen molar-refractivity contribution < 1.29 is 83.1 Å². The van der Waals surface area contributed by atoms with E-state index in [1.165, 1.54) is 0 Å². The Morgan fingerprint density at radius 3 is 1.79 bits per heavy atom. The molecule has 71 heavy (non-hydrogen) atoms. The van der Waals surface area contributed by atoms with E-state index in [1.54, 1.807) is 12.1 Å². The molecule has 1 aliphatic carbocycles. The zero-order valence-corrected chi connectivity index (χ0v) is 43.7. The number of halogens is 11. The fourth-order valence-corrected chi connectivity index (χ4v) is 13.8. The van der Waals surface area contributed by atoms with Crippen LogP contribution in [0.1, 0.15) is 58.6 Å². The summed E-state index contributed by atoms with van der Waals surface area (Å²) in [5.74, 6) is -16.9. The van der Waals surface area contributed by atoms with Crippen LogP contribution in [0.4, 0.5) is 36.3 Å². The summed E-state index contributed by atoms with van der Waals surface area (Å²) in [4.78, 5) is 54.3. The van der Waals surface area contributed by atoms with E-state index in [0.717, 1.165) is 22.3 Å². The summed E-state index contributed by atoms with van der Waals surface area (Å²) in [6, 6.07) is 10.5. The van der Waals surface area contributed by atoms with Gasteiger partial charge in [-0.2, -0.15) is 8.78 Å². The summed E-state index contributed by atoms with van der Waals surface area (Å²) >= 11 is 34.9. The monoisotopic (exact) mass is 1140 g/mol. The number of alkyl halides is 6. The third-order valence-corrected chi connectivity index (χ3v) is 17.1. The Hall–Kier alpha value is -3.61. The Morgan fingerprint density at radius 1 is 0.732 bits per heavy atom. The summed E-state index contributed by atoms with van der Waals surface area (Å²) < 4.78 is 120. The van der Waals surface area contributed by atoms with Gasteiger partial charge in [0.25, 0.3) is 0 Å². The van der Waals surface area contributed by atoms with Gasteiger partial charge in [-0.25, -0.2) is 32.3 Å². The van der Waals surface area contributed by atoms with Gasteiger partial charge in [0.1, 0.15) is 38.1 Å². The molecule has 6 atom stereocenters. The van der Waals surface area contributed by atoms with Gasteiger partial charge in [0.2, 0.25) is 42.4 Å². The third kappa shape index (κ3) is 13.0. The quantitative estimate of drug-likeness (QED) is 0.0256. The fraction of sp³-hybridized carbons (Fsp3) is 0.500. The number of carbonyl (C=O) groups is 4. The molecule has 390 valence electrons. The van der Waals surface area contributed by atoms with Gasteiger partial charge in [-0.15, -0.1) is 0 Å². The van der Waals surface area contributed by atoms with Crippen LogP contribution < -0.4 is 15.4 Å². The molecule has 2 amide bonds. The van der Waals surface area contributed by atoms with Gasteiger partial charge in [-0.3, -0.25) is 0 Å². The van der Waals surface area contributed by atoms with E-state index in [-0.39, 0.29) is 13.2 Å². The van der Waals surface area contributed by atoms with Crippen molar-refractivity contribution >= 4 is 102 Å². The Kier molecular flexibility index (Phi) is 17.6. The van der Waals surface area contributed by atoms with Crippen LogP contribution in [0.3, 0.4) is 0 Å². The molecule has 2 N–H and O–H groups in total. The van der Waals surface area contributed by atoms with E-state index in [4.69, 9.17) is 112 Å². The van der Waals surface area contributed by atoms with E-state index in [9.17, 15) is 41.1 Å². The lowest BCUT2D eigenvalue weighted by atomic mass is 9.96. The zero-order chi connectivity index (χ0) is 52.6. The lowest BCUT2D eigenvalue weighted by Gasteiger charge is -2.57. The van der Waals surface area contributed by atoms with Crippen LogP contribution in [0.15, 0.2) is 48.5 Å². The molecular formula is C44H45Cl6F5N2O13Si. The first-order chi connectivity index (χ1) is 32.9. The molecule has 6 rings (SSSR count). The molecule has 27 heteroatoms. The number of carbonyl (C=O) groups excluding carboxylic acids is 4. The van der Waals surface area contributed by atoms with Gasteiger partial charge in [0, 0.05) is 16.0 Å². The van der Waals surface area contributed by atoms with E-state index < -0.39 is 148 Å². The number of esters is 1. The number of ether oxygens (including phenoxy) is 7. The number of benzene rings is 3. The first-order valence-electron chi connectivity index (χ1n) is 21.3. The second-order valence-electron chi connectivity index (χ2n) is 18.3. The highest BCUT2D eigenvalue weighted by molar-refractivity contribution is 6.73. The molecule has 0 radical (unpaired) electrons. The fourth-order valence-electron chi connectivity index (χ4n) is 8.55. The van der Waals surface area contributed by atoms with E-state index >= 15 is 0 Å². The van der Waals surface area contributed by atoms with Crippen LogP contribution in [-0.4, -0.2) is 110 Å². The maximum Gasteiger partial charge on any atom is 0.508 e. The normalized spacial score (nSPS) is 21.5. The van der Waals surface area contributed by atoms with Crippen molar-refractivity contribution in [1.29, 1.82) is 0 Å². The lowest BCUT2D eigenvalue weighted by molar-refractivity contribution is -0.281. The molecule has 0 unspecified atom stereocenters. The summed E-state index contributed by atoms with van der Waals surface area (Å²) in [6.45, 7) is 7.74. The van der Waals surface area contributed by atoms with Crippen LogP contribution >= 0.6 is 69.6 Å². The molecule has 0 aromatic heterocycles. The lowest BCUT2D eigenvalue weighted by Crippen LogP contribution is -2.74. The Balaban J connectivity index is 1.35. The second kappa shape index (κ2) is 22.1. The summed E-state index contributed by atoms with van der Waals surface area (Å²) in [5, 5.41) is 3.11. The standard InChI is InChI=1S/C44H45Cl6F5N2O13Si/c1-41(2,3)71(42(4,5)6)66-17-26-33(70-71)35(69-40(61)65-19-44(48,49)50)32(57-39(60)64-18-43(45,46)47)37(67-26)62-16-25(36(58)68-34-30(54)28(52)27(51)29(53)31(34)55)56-38(59)63-15-24-22-13-9-7-11-20(22)21-12-8-10-14-23(21)24/h7-14,24-26,32-33,35,37H,15-19H2,1-6H3,(H,56,59)(H,57,60)/t25-,26+,32+,33-,35+,37-/m0/s1. The molecule has 0 spiro atoms. The first kappa shape index (κ1) is 56.7. The number of amides is 2. The van der Waals surface area contributed by atoms with Gasteiger partial charge in [-0.05, 0) is 22.3 Å². The minimum Gasteiger partial charge on any atom is -0.449 e. The number of rotatable bonds is 12. The average molecular weight is 1150 g/mol. The molecule has 3 aliphatic rings. The molecule has 15 nitrogen and oxygen atoms in total. The number of hydrogen-bond acceptors (Lipinski definition) is 13. The van der Waals surface area contributed by atoms with Crippen LogP contribution in [0.5, 0.6) is 5.75 Å². The highest BCUT2D eigenvalue weighted by Crippen LogP contribution is 2.55. The predicted molar refractivity (Wildman–Crippen MR) is 250 cm³/mol. The number of nitrogens with one attached hydrogen (secondary N) is 2. The van der Waals surface area contributed by atoms with Gasteiger partial charge in [0.05, 0.1) is 13.2 Å². The zero-order valence-electron chi connectivity index (χ0n) is 38.2. The van der Waals surface area contributed by atoms with Crippen molar-refractivity contribution in [2.75, 3.05) is 33.0 Å². The molecule has 0 bridgehead atoms. The molecular weight excluding hydrogens is 1100 g/mol. The smallest absolute Gasteiger partial charge is 0.449 e. The highest BCUT2D eigenvalue weighted by atomic mass is 35.6. The van der Waals surface area contributed by atoms with Crippen LogP contribution in [0.2, 0.25) is 10.1 Å². The molecule has 0 saturated carbocycles. The van der Waals surface area contributed by atoms with Crippen LogP contribution in [0, 0.1) is 29.1 Å². The number of fused-ring (bicyclic) bond motifs is 4. The molecule has 2 aliphatic heterocycles. The second-order valence-corrected chi connectivity index (χ2v) is 28.1. The van der Waals surface area contributed by atoms with Crippen molar-refractivity contribution in [3.63, 3.8) is 0 Å². The Bertz CT molecular complexity index is 2410. The SMILES string of the molecule is CC(C)(C)[Si]1(C(C)(C)C)OC[C@H]2O[C@H](OC[C@H](NC(=O)OCC3c4ccccc4-c4ccccc43)C(=O)Oc3c(F)c(F)c(F)c(F)c3F)[C@H](NC(=O)OCC(Cl)(Cl)Cl)[C@@H](OC(=O)OCC(Cl)(Cl)Cl)[C@H]2O1. The van der Waals surface area contributed by atoms with Gasteiger partial charge < -0.3 is 52.6 Å². The van der Waals surface area contributed by atoms with E-state index in [2.05, 4.69) is 10.6 Å². The minimum atomic E-state index is -3.53. The third-order valence-electron chi connectivity index (χ3n) is 11.3. The van der Waals surface area contributed by atoms with Gasteiger partial charge in [-0.1, -0.05) is 160 Å². The van der Waals surface area contributed by atoms with Crippen molar-refractivity contribution in [3.05, 3.63) is 88.7 Å². The van der Waals surface area contributed by atoms with Gasteiger partial charge >= 0.3 is 32.9 Å². The predicted octanol–water partition coefficient (Wildman–Crippen LogP) is 10.8. The van der Waals surface area contributed by atoms with Crippen LogP contribution in [-0.2, 0) is 42.1 Å². The molecule has 2 fully saturated rings. The number of alkyl carbamates (subject to hydrolysis) is 2. The molecule has 3 aromatic carbocycles. The van der Waals surface area contributed by atoms with Crippen LogP contribution in [0.25, 0.3) is 11.1 Å². The summed E-state index contributed by atoms with van der Waals surface area (Å²) in [6.07, 6.45) is -10.5. The highest BCUT2D eigenvalue weighted by Gasteiger charge is 2.65. The topological polar surface area (TPSA) is 175 Å². The van der Waals surface area contributed by atoms with Gasteiger partial charge in [0.15, 0.2) is 18.4 Å². The van der Waals surface area contributed by atoms with E-state index in [1.807, 2.05) is 77.9 Å². The Morgan fingerprint density at radius 2 is 1.25 bits per heavy atom. The maximum atomic E-state index is 14.9. The van der Waals surface area contributed by atoms with Crippen molar-refractivity contribution in [2.24, 2.45) is 0 Å². The van der Waals surface area contributed by atoms with Crippen molar-refractivity contribution in [1.82, 2.24) is 10.6 Å². The molecule has 2 heterocycles. The minimum absolute atomic E-state index is 0.275. The van der Waals surface area contributed by atoms with Crippen molar-refractivity contribution in [2.45, 2.75) is 102 Å². The van der Waals surface area contributed by atoms with Crippen molar-refractivity contribution in [3.8, 4) is 16.9 Å². The summed E-state index contributed by atoms with van der Waals surface area (Å²) in [5.41, 5.74) is 3.31.